The van der Waals surface area contributed by atoms with Crippen molar-refractivity contribution in [2.24, 2.45) is 7.05 Å². The van der Waals surface area contributed by atoms with E-state index in [1.54, 1.807) is 16.4 Å². The van der Waals surface area contributed by atoms with Gasteiger partial charge in [0.25, 0.3) is 0 Å². The second kappa shape index (κ2) is 5.14. The van der Waals surface area contributed by atoms with E-state index < -0.39 is 0 Å². The molecule has 0 atom stereocenters. The van der Waals surface area contributed by atoms with Gasteiger partial charge in [-0.3, -0.25) is 4.68 Å². The monoisotopic (exact) mass is 249 g/mol. The fraction of sp³-hybridized carbons (Fsp3) is 0.250. The molecule has 0 saturated heterocycles. The normalized spacial score (nSPS) is 10.5. The number of nitrogen functional groups attached to an aromatic ring is 1. The number of nitrogens with zero attached hydrogens (tertiary/aromatic N) is 2. The van der Waals surface area contributed by atoms with Gasteiger partial charge in [-0.25, -0.2) is 0 Å². The minimum Gasteiger partial charge on any atom is -0.472 e. The zero-order valence-corrected chi connectivity index (χ0v) is 10.7. The highest BCUT2D eigenvalue weighted by atomic mass is 32.2. The van der Waals surface area contributed by atoms with Gasteiger partial charge in [-0.2, -0.15) is 0 Å². The lowest BCUT2D eigenvalue weighted by Crippen LogP contribution is -2.02. The Bertz CT molecular complexity index is 510. The highest BCUT2D eigenvalue weighted by molar-refractivity contribution is 7.98. The zero-order chi connectivity index (χ0) is 12.3. The highest BCUT2D eigenvalue weighted by Crippen LogP contribution is 2.26. The third kappa shape index (κ3) is 2.74. The van der Waals surface area contributed by atoms with E-state index in [1.165, 1.54) is 0 Å². The first-order valence-corrected chi connectivity index (χ1v) is 6.47. The molecule has 0 radical (unpaired) electrons. The number of nitrogens with two attached hydrogens (primary N) is 1. The quantitative estimate of drug-likeness (QED) is 0.667. The van der Waals surface area contributed by atoms with Gasteiger partial charge in [0, 0.05) is 35.5 Å². The maximum atomic E-state index is 5.95. The van der Waals surface area contributed by atoms with E-state index >= 15 is 0 Å². The average molecular weight is 249 g/mol. The highest BCUT2D eigenvalue weighted by Gasteiger charge is 2.07. The average Bonchev–Trinajstić information content (AvgIpc) is 2.73. The van der Waals surface area contributed by atoms with Gasteiger partial charge in [-0.15, -0.1) is 16.9 Å². The maximum absolute atomic E-state index is 5.95. The van der Waals surface area contributed by atoms with Crippen LogP contribution < -0.4 is 10.5 Å². The summed E-state index contributed by atoms with van der Waals surface area (Å²) >= 11 is 1.66. The Morgan fingerprint density at radius 3 is 2.88 bits per heavy atom. The summed E-state index contributed by atoms with van der Waals surface area (Å²) in [5.41, 5.74) is 7.72. The van der Waals surface area contributed by atoms with Crippen molar-refractivity contribution in [2.75, 3.05) is 12.0 Å². The van der Waals surface area contributed by atoms with Crippen molar-refractivity contribution in [1.29, 1.82) is 0 Å². The van der Waals surface area contributed by atoms with E-state index in [0.29, 0.717) is 12.5 Å². The van der Waals surface area contributed by atoms with Crippen LogP contribution in [0.25, 0.3) is 0 Å². The van der Waals surface area contributed by atoms with Crippen LogP contribution in [0.2, 0.25) is 0 Å². The first-order chi connectivity index (χ1) is 8.20. The molecule has 2 aromatic rings. The second-order valence-electron chi connectivity index (χ2n) is 3.64. The molecule has 0 aliphatic rings. The van der Waals surface area contributed by atoms with Crippen molar-refractivity contribution in [3.63, 3.8) is 0 Å². The predicted octanol–water partition coefficient (Wildman–Crippen LogP) is 2.30. The molecule has 1 aromatic carbocycles. The number of aromatic nitrogens is 2. The van der Waals surface area contributed by atoms with Crippen molar-refractivity contribution >= 4 is 17.4 Å². The SMILES string of the molecule is CSc1cccc(N)c1COc1ccn(C)n1. The summed E-state index contributed by atoms with van der Waals surface area (Å²) in [4.78, 5) is 1.14. The number of thioether (sulfide) groups is 1. The molecule has 2 rings (SSSR count). The van der Waals surface area contributed by atoms with Gasteiger partial charge < -0.3 is 10.5 Å². The molecule has 2 N–H and O–H groups in total. The van der Waals surface area contributed by atoms with E-state index in [-0.39, 0.29) is 0 Å². The van der Waals surface area contributed by atoms with Crippen molar-refractivity contribution in [3.05, 3.63) is 36.0 Å². The van der Waals surface area contributed by atoms with Crippen LogP contribution in [0.1, 0.15) is 5.56 Å². The standard InChI is InChI=1S/C12H15N3OS/c1-15-7-6-12(14-15)16-8-9-10(13)4-3-5-11(9)17-2/h3-7H,8,13H2,1-2H3. The Morgan fingerprint density at radius 1 is 1.41 bits per heavy atom. The Labute approximate surface area is 105 Å². The number of anilines is 1. The molecule has 0 aliphatic heterocycles. The fourth-order valence-corrected chi connectivity index (χ4v) is 2.18. The number of hydrogen-bond donors (Lipinski definition) is 1. The molecule has 5 heteroatoms. The minimum absolute atomic E-state index is 0.444. The van der Waals surface area contributed by atoms with Crippen LogP contribution in [0.3, 0.4) is 0 Å². The van der Waals surface area contributed by atoms with Gasteiger partial charge in [-0.05, 0) is 18.4 Å². The van der Waals surface area contributed by atoms with Crippen molar-refractivity contribution in [2.45, 2.75) is 11.5 Å². The number of aryl methyl sites for hydroxylation is 1. The first kappa shape index (κ1) is 11.9. The van der Waals surface area contributed by atoms with Crippen LogP contribution in [-0.2, 0) is 13.7 Å². The van der Waals surface area contributed by atoms with Crippen LogP contribution in [0, 0.1) is 0 Å². The molecule has 0 unspecified atom stereocenters. The van der Waals surface area contributed by atoms with Gasteiger partial charge in [0.05, 0.1) is 0 Å². The lowest BCUT2D eigenvalue weighted by atomic mass is 10.2. The molecular formula is C12H15N3OS. The smallest absolute Gasteiger partial charge is 0.233 e. The number of ether oxygens (including phenoxy) is 1. The van der Waals surface area contributed by atoms with Crippen LogP contribution in [0.4, 0.5) is 5.69 Å². The van der Waals surface area contributed by atoms with Crippen LogP contribution in [0.5, 0.6) is 5.88 Å². The van der Waals surface area contributed by atoms with E-state index in [1.807, 2.05) is 43.8 Å². The Morgan fingerprint density at radius 2 is 2.24 bits per heavy atom. The van der Waals surface area contributed by atoms with Crippen LogP contribution in [0.15, 0.2) is 35.4 Å². The van der Waals surface area contributed by atoms with Gasteiger partial charge in [0.15, 0.2) is 0 Å². The van der Waals surface area contributed by atoms with E-state index in [0.717, 1.165) is 16.1 Å². The molecule has 17 heavy (non-hydrogen) atoms. The molecule has 1 aromatic heterocycles. The molecule has 0 spiro atoms. The molecule has 0 bridgehead atoms. The van der Waals surface area contributed by atoms with E-state index in [4.69, 9.17) is 10.5 Å². The second-order valence-corrected chi connectivity index (χ2v) is 4.49. The third-order valence-electron chi connectivity index (χ3n) is 2.44. The zero-order valence-electron chi connectivity index (χ0n) is 9.88. The van der Waals surface area contributed by atoms with Gasteiger partial charge >= 0.3 is 0 Å². The Hall–Kier alpha value is -1.62. The maximum Gasteiger partial charge on any atom is 0.233 e. The minimum atomic E-state index is 0.444. The van der Waals surface area contributed by atoms with Gasteiger partial charge in [0.1, 0.15) is 6.61 Å². The largest absolute Gasteiger partial charge is 0.472 e. The molecule has 90 valence electrons. The summed E-state index contributed by atoms with van der Waals surface area (Å²) in [6, 6.07) is 7.71. The molecule has 1 heterocycles. The van der Waals surface area contributed by atoms with Gasteiger partial charge in [0.2, 0.25) is 5.88 Å². The molecule has 0 aliphatic carbocycles. The summed E-state index contributed by atoms with van der Waals surface area (Å²) in [6.07, 6.45) is 3.87. The van der Waals surface area contributed by atoms with Crippen molar-refractivity contribution in [1.82, 2.24) is 9.78 Å². The van der Waals surface area contributed by atoms with Crippen molar-refractivity contribution in [3.8, 4) is 5.88 Å². The molecule has 0 fully saturated rings. The van der Waals surface area contributed by atoms with E-state index in [2.05, 4.69) is 5.10 Å². The molecule has 0 saturated carbocycles. The Kier molecular flexibility index (Phi) is 3.58. The predicted molar refractivity (Wildman–Crippen MR) is 70.2 cm³/mol. The third-order valence-corrected chi connectivity index (χ3v) is 3.27. The topological polar surface area (TPSA) is 53.1 Å². The summed E-state index contributed by atoms with van der Waals surface area (Å²) in [5, 5.41) is 4.16. The van der Waals surface area contributed by atoms with E-state index in [9.17, 15) is 0 Å². The Balaban J connectivity index is 2.13. The number of benzene rings is 1. The van der Waals surface area contributed by atoms with Gasteiger partial charge in [-0.1, -0.05) is 6.07 Å². The first-order valence-electron chi connectivity index (χ1n) is 5.24. The fourth-order valence-electron chi connectivity index (χ4n) is 1.55. The lowest BCUT2D eigenvalue weighted by Gasteiger charge is -2.10. The summed E-state index contributed by atoms with van der Waals surface area (Å²) in [5.74, 6) is 0.614. The summed E-state index contributed by atoms with van der Waals surface area (Å²) in [6.45, 7) is 0.444. The summed E-state index contributed by atoms with van der Waals surface area (Å²) < 4.78 is 7.32. The lowest BCUT2D eigenvalue weighted by molar-refractivity contribution is 0.289. The van der Waals surface area contributed by atoms with Crippen LogP contribution in [-0.4, -0.2) is 16.0 Å². The van der Waals surface area contributed by atoms with Crippen molar-refractivity contribution < 1.29 is 4.74 Å². The summed E-state index contributed by atoms with van der Waals surface area (Å²) in [7, 11) is 1.86. The number of rotatable bonds is 4. The molecular weight excluding hydrogens is 234 g/mol. The number of hydrogen-bond acceptors (Lipinski definition) is 4. The molecule has 4 nitrogen and oxygen atoms in total. The molecule has 0 amide bonds. The van der Waals surface area contributed by atoms with Crippen LogP contribution >= 0.6 is 11.8 Å².